The van der Waals surface area contributed by atoms with Crippen molar-refractivity contribution >= 4 is 29.5 Å². The second-order valence-corrected chi connectivity index (χ2v) is 10.5. The maximum atomic E-state index is 12.9. The third-order valence-corrected chi connectivity index (χ3v) is 8.69. The van der Waals surface area contributed by atoms with Crippen molar-refractivity contribution in [1.29, 1.82) is 0 Å². The number of carbonyl (C=O) groups excluding carboxylic acids is 3. The van der Waals surface area contributed by atoms with E-state index < -0.39 is 82.8 Å². The van der Waals surface area contributed by atoms with E-state index in [2.05, 4.69) is 13.2 Å². The van der Waals surface area contributed by atoms with Crippen molar-refractivity contribution < 1.29 is 43.5 Å². The Morgan fingerprint density at radius 1 is 1.18 bits per heavy atom. The van der Waals surface area contributed by atoms with Gasteiger partial charge in [0.15, 0.2) is 11.7 Å². The molecule has 34 heavy (non-hydrogen) atoms. The highest BCUT2D eigenvalue weighted by molar-refractivity contribution is 6.23. The number of rotatable bonds is 2. The van der Waals surface area contributed by atoms with E-state index in [0.717, 1.165) is 0 Å². The summed E-state index contributed by atoms with van der Waals surface area (Å²) in [5.41, 5.74) is -2.14. The topological polar surface area (TPSA) is 129 Å². The maximum absolute atomic E-state index is 12.9. The Balaban J connectivity index is 2.01. The van der Waals surface area contributed by atoms with Crippen LogP contribution in [0.1, 0.15) is 40.5 Å². The van der Waals surface area contributed by atoms with Crippen LogP contribution in [0.3, 0.4) is 0 Å². The van der Waals surface area contributed by atoms with Gasteiger partial charge in [-0.2, -0.15) is 0 Å². The lowest BCUT2D eigenvalue weighted by molar-refractivity contribution is -0.290. The third kappa shape index (κ3) is 3.27. The minimum atomic E-state index is -1.60. The molecule has 3 aliphatic heterocycles. The number of hydrogen-bond acceptors (Lipinski definition) is 9. The molecule has 4 rings (SSSR count). The molecule has 0 aromatic heterocycles. The molecule has 10 heteroatoms. The van der Waals surface area contributed by atoms with Gasteiger partial charge in [0.2, 0.25) is 0 Å². The summed E-state index contributed by atoms with van der Waals surface area (Å²) in [5, 5.41) is 22.0. The Morgan fingerprint density at radius 2 is 1.79 bits per heavy atom. The molecule has 1 unspecified atom stereocenters. The lowest BCUT2D eigenvalue weighted by atomic mass is 9.53. The molecule has 2 N–H and O–H groups in total. The molecule has 1 spiro atoms. The second-order valence-electron chi connectivity index (χ2n) is 10.1. The normalized spacial score (nSPS) is 48.1. The molecule has 0 aromatic rings. The summed E-state index contributed by atoms with van der Waals surface area (Å²) in [4.78, 5) is 37.2. The zero-order valence-electron chi connectivity index (χ0n) is 19.7. The predicted octanol–water partition coefficient (Wildman–Crippen LogP) is 1.42. The van der Waals surface area contributed by atoms with E-state index >= 15 is 0 Å². The summed E-state index contributed by atoms with van der Waals surface area (Å²) in [7, 11) is 0. The molecule has 1 saturated carbocycles. The first-order valence-corrected chi connectivity index (χ1v) is 11.8. The highest BCUT2D eigenvalue weighted by Gasteiger charge is 2.74. The van der Waals surface area contributed by atoms with Gasteiger partial charge < -0.3 is 29.2 Å². The van der Waals surface area contributed by atoms with E-state index in [9.17, 15) is 24.6 Å². The Labute approximate surface area is 203 Å². The van der Waals surface area contributed by atoms with Crippen molar-refractivity contribution in [2.24, 2.45) is 17.3 Å². The monoisotopic (exact) mass is 498 g/mol. The molecule has 3 saturated heterocycles. The van der Waals surface area contributed by atoms with Crippen LogP contribution in [0, 0.1) is 17.3 Å². The number of esters is 3. The van der Waals surface area contributed by atoms with E-state index in [-0.39, 0.29) is 5.57 Å². The number of aliphatic hydroxyl groups is 2. The van der Waals surface area contributed by atoms with Gasteiger partial charge in [-0.25, -0.2) is 0 Å². The van der Waals surface area contributed by atoms with Crippen LogP contribution in [0.15, 0.2) is 24.3 Å². The van der Waals surface area contributed by atoms with Gasteiger partial charge in [-0.15, -0.1) is 11.6 Å². The van der Waals surface area contributed by atoms with Crippen LogP contribution < -0.4 is 0 Å². The van der Waals surface area contributed by atoms with Crippen LogP contribution >= 0.6 is 11.6 Å². The molecule has 0 aromatic carbocycles. The molecule has 1 aliphatic carbocycles. The molecular weight excluding hydrogens is 468 g/mol. The van der Waals surface area contributed by atoms with E-state index in [0.29, 0.717) is 18.4 Å². The van der Waals surface area contributed by atoms with Crippen molar-refractivity contribution in [1.82, 2.24) is 0 Å². The predicted molar refractivity (Wildman–Crippen MR) is 119 cm³/mol. The number of alkyl halides is 1. The summed E-state index contributed by atoms with van der Waals surface area (Å²) in [5.74, 6) is -3.62. The number of ether oxygens (including phenoxy) is 4. The average molecular weight is 499 g/mol. The summed E-state index contributed by atoms with van der Waals surface area (Å²) < 4.78 is 23.5. The quantitative estimate of drug-likeness (QED) is 0.251. The summed E-state index contributed by atoms with van der Waals surface area (Å²) in [6.45, 7) is 13.9. The highest BCUT2D eigenvalue weighted by Crippen LogP contribution is 2.60. The van der Waals surface area contributed by atoms with Crippen molar-refractivity contribution in [2.45, 2.75) is 88.1 Å². The average Bonchev–Trinajstić information content (AvgIpc) is 3.01. The fraction of sp³-hybridized carbons (Fsp3) is 0.708. The van der Waals surface area contributed by atoms with Gasteiger partial charge in [0, 0.05) is 25.2 Å². The minimum Gasteiger partial charge on any atom is -0.462 e. The molecule has 11 atom stereocenters. The number of aliphatic hydroxyl groups excluding tert-OH is 2. The summed E-state index contributed by atoms with van der Waals surface area (Å²) in [6, 6.07) is 0. The lowest BCUT2D eigenvalue weighted by Crippen LogP contribution is -2.74. The van der Waals surface area contributed by atoms with Gasteiger partial charge in [0.25, 0.3) is 0 Å². The Morgan fingerprint density at radius 3 is 2.38 bits per heavy atom. The molecule has 0 amide bonds. The van der Waals surface area contributed by atoms with Gasteiger partial charge in [0.05, 0.1) is 17.4 Å². The van der Waals surface area contributed by atoms with Crippen LogP contribution in [-0.2, 0) is 33.3 Å². The third-order valence-electron chi connectivity index (χ3n) is 8.19. The number of hydrogen-bond donors (Lipinski definition) is 2. The zero-order chi connectivity index (χ0) is 25.3. The Bertz CT molecular complexity index is 949. The number of halogens is 1. The van der Waals surface area contributed by atoms with Gasteiger partial charge in [-0.1, -0.05) is 25.7 Å². The minimum absolute atomic E-state index is 0.220. The molecule has 9 nitrogen and oxygen atoms in total. The van der Waals surface area contributed by atoms with Crippen molar-refractivity contribution in [2.75, 3.05) is 0 Å². The zero-order valence-corrected chi connectivity index (χ0v) is 20.4. The molecule has 188 valence electrons. The van der Waals surface area contributed by atoms with E-state index in [1.165, 1.54) is 13.8 Å². The molecule has 0 radical (unpaired) electrons. The first-order chi connectivity index (χ1) is 15.8. The van der Waals surface area contributed by atoms with Gasteiger partial charge in [-0.3, -0.25) is 14.4 Å². The first kappa shape index (κ1) is 25.2. The van der Waals surface area contributed by atoms with Crippen LogP contribution in [0.2, 0.25) is 0 Å². The second kappa shape index (κ2) is 8.33. The molecule has 4 fully saturated rings. The van der Waals surface area contributed by atoms with Crippen LogP contribution in [0.25, 0.3) is 0 Å². The first-order valence-electron chi connectivity index (χ1n) is 11.4. The SMILES string of the molecule is C=C1CC[C@H](OC(C)=O)[C@@]2(C)[C@H]1[C@H](OC(C)=O)[C@@]13O[C@H](C(=C)[C@H](Cl)[C@H]1OC(=O)C3C)[C@@H](O)[C@@H]2O. The summed E-state index contributed by atoms with van der Waals surface area (Å²) >= 11 is 6.70. The van der Waals surface area contributed by atoms with Crippen LogP contribution in [0.5, 0.6) is 0 Å². The highest BCUT2D eigenvalue weighted by atomic mass is 35.5. The Hall–Kier alpha value is -1.94. The van der Waals surface area contributed by atoms with Gasteiger partial charge >= 0.3 is 17.9 Å². The van der Waals surface area contributed by atoms with E-state index in [1.807, 2.05) is 0 Å². The smallest absolute Gasteiger partial charge is 0.312 e. The largest absolute Gasteiger partial charge is 0.462 e. The molecule has 3 heterocycles. The number of carbonyl (C=O) groups is 3. The molecule has 2 bridgehead atoms. The standard InChI is InChI=1S/C24H31ClO9/c1-9-7-8-14(31-12(4)26)23(6)15(9)20(32-13(5)27)24-11(3)22(30)33-21(24)16(25)10(2)18(34-24)17(28)19(23)29/h11,14-21,28-29H,1-2,7-8H2,3-6H3/t11?,14-,15+,16-,17+,18+,19-,20-,21+,23-,24+/m0/s1. The lowest BCUT2D eigenvalue weighted by Gasteiger charge is -2.61. The Kier molecular flexibility index (Phi) is 6.16. The molecular formula is C24H31ClO9. The van der Waals surface area contributed by atoms with Gasteiger partial charge in [0.1, 0.15) is 24.4 Å². The van der Waals surface area contributed by atoms with Crippen molar-refractivity contribution in [3.63, 3.8) is 0 Å². The molecule has 4 aliphatic rings. The fourth-order valence-electron chi connectivity index (χ4n) is 6.48. The van der Waals surface area contributed by atoms with E-state index in [1.54, 1.807) is 13.8 Å². The summed E-state index contributed by atoms with van der Waals surface area (Å²) in [6.07, 6.45) is -6.62. The number of fused-ring (bicyclic) bond motifs is 2. The fourth-order valence-corrected chi connectivity index (χ4v) is 6.85. The van der Waals surface area contributed by atoms with Gasteiger partial charge in [-0.05, 0) is 25.3 Å². The van der Waals surface area contributed by atoms with Crippen LogP contribution in [0.4, 0.5) is 0 Å². The van der Waals surface area contributed by atoms with E-state index in [4.69, 9.17) is 30.5 Å². The van der Waals surface area contributed by atoms with Crippen LogP contribution in [-0.4, -0.2) is 75.7 Å². The van der Waals surface area contributed by atoms with Crippen molar-refractivity contribution in [3.05, 3.63) is 24.3 Å². The van der Waals surface area contributed by atoms with Crippen molar-refractivity contribution in [3.8, 4) is 0 Å². The maximum Gasteiger partial charge on any atom is 0.312 e.